The van der Waals surface area contributed by atoms with Crippen molar-refractivity contribution in [2.24, 2.45) is 5.92 Å². The minimum absolute atomic E-state index is 0.350. The molecule has 0 saturated carbocycles. The van der Waals surface area contributed by atoms with Crippen LogP contribution in [0.15, 0.2) is 5.38 Å². The van der Waals surface area contributed by atoms with Crippen molar-refractivity contribution in [3.05, 3.63) is 11.1 Å². The molecule has 1 unspecified atom stereocenters. The third-order valence-electron chi connectivity index (χ3n) is 2.70. The SMILES string of the molecule is CCNC(C)c1csc(N(CC)CC(C)C)n1. The molecule has 0 amide bonds. The van der Waals surface area contributed by atoms with Crippen molar-refractivity contribution in [1.82, 2.24) is 10.3 Å². The number of rotatable bonds is 7. The molecule has 0 aliphatic heterocycles. The fourth-order valence-electron chi connectivity index (χ4n) is 1.81. The topological polar surface area (TPSA) is 28.2 Å². The van der Waals surface area contributed by atoms with Crippen LogP contribution >= 0.6 is 11.3 Å². The Hall–Kier alpha value is -0.610. The first-order valence-corrected chi connectivity index (χ1v) is 7.40. The summed E-state index contributed by atoms with van der Waals surface area (Å²) < 4.78 is 0. The Morgan fingerprint density at radius 2 is 2.06 bits per heavy atom. The van der Waals surface area contributed by atoms with E-state index >= 15 is 0 Å². The normalized spacial score (nSPS) is 13.1. The van der Waals surface area contributed by atoms with Gasteiger partial charge in [-0.25, -0.2) is 4.98 Å². The molecule has 0 spiro atoms. The third kappa shape index (κ3) is 4.28. The Morgan fingerprint density at radius 1 is 1.35 bits per heavy atom. The Labute approximate surface area is 109 Å². The molecular formula is C13H25N3S. The van der Waals surface area contributed by atoms with Gasteiger partial charge in [0.05, 0.1) is 5.69 Å². The Morgan fingerprint density at radius 3 is 2.59 bits per heavy atom. The van der Waals surface area contributed by atoms with Gasteiger partial charge < -0.3 is 10.2 Å². The van der Waals surface area contributed by atoms with Gasteiger partial charge in [-0.3, -0.25) is 0 Å². The first-order chi connectivity index (χ1) is 8.08. The van der Waals surface area contributed by atoms with E-state index in [-0.39, 0.29) is 0 Å². The predicted octanol–water partition coefficient (Wildman–Crippen LogP) is 3.30. The average molecular weight is 255 g/mol. The van der Waals surface area contributed by atoms with Crippen molar-refractivity contribution in [1.29, 1.82) is 0 Å². The quantitative estimate of drug-likeness (QED) is 0.810. The van der Waals surface area contributed by atoms with E-state index in [0.29, 0.717) is 12.0 Å². The summed E-state index contributed by atoms with van der Waals surface area (Å²) in [7, 11) is 0. The molecule has 1 rings (SSSR count). The van der Waals surface area contributed by atoms with Crippen molar-refractivity contribution >= 4 is 16.5 Å². The van der Waals surface area contributed by atoms with E-state index in [2.05, 4.69) is 50.2 Å². The molecule has 1 N–H and O–H groups in total. The first kappa shape index (κ1) is 14.5. The molecule has 0 aliphatic rings. The lowest BCUT2D eigenvalue weighted by Gasteiger charge is -2.21. The number of hydrogen-bond donors (Lipinski definition) is 1. The van der Waals surface area contributed by atoms with E-state index in [1.165, 1.54) is 0 Å². The van der Waals surface area contributed by atoms with E-state index in [4.69, 9.17) is 4.98 Å². The second kappa shape index (κ2) is 6.97. The predicted molar refractivity (Wildman–Crippen MR) is 76.9 cm³/mol. The summed E-state index contributed by atoms with van der Waals surface area (Å²) in [6, 6.07) is 0.350. The van der Waals surface area contributed by atoms with Gasteiger partial charge in [-0.05, 0) is 26.3 Å². The smallest absolute Gasteiger partial charge is 0.185 e. The van der Waals surface area contributed by atoms with Gasteiger partial charge in [-0.1, -0.05) is 20.8 Å². The van der Waals surface area contributed by atoms with Gasteiger partial charge >= 0.3 is 0 Å². The second-order valence-corrected chi connectivity index (χ2v) is 5.60. The molecule has 0 radical (unpaired) electrons. The van der Waals surface area contributed by atoms with Gasteiger partial charge in [-0.2, -0.15) is 0 Å². The second-order valence-electron chi connectivity index (χ2n) is 4.77. The molecular weight excluding hydrogens is 230 g/mol. The van der Waals surface area contributed by atoms with E-state index < -0.39 is 0 Å². The molecule has 0 aromatic carbocycles. The molecule has 1 atom stereocenters. The molecule has 0 saturated heterocycles. The Balaban J connectivity index is 2.71. The van der Waals surface area contributed by atoms with Gasteiger partial charge in [0.25, 0.3) is 0 Å². The number of nitrogens with one attached hydrogen (secondary N) is 1. The lowest BCUT2D eigenvalue weighted by atomic mass is 10.2. The van der Waals surface area contributed by atoms with Crippen LogP contribution in [0, 0.1) is 5.92 Å². The maximum Gasteiger partial charge on any atom is 0.185 e. The van der Waals surface area contributed by atoms with E-state index in [9.17, 15) is 0 Å². The van der Waals surface area contributed by atoms with Crippen molar-refractivity contribution in [2.75, 3.05) is 24.5 Å². The lowest BCUT2D eigenvalue weighted by molar-refractivity contribution is 0.582. The van der Waals surface area contributed by atoms with Gasteiger partial charge in [-0.15, -0.1) is 11.3 Å². The minimum Gasteiger partial charge on any atom is -0.348 e. The van der Waals surface area contributed by atoms with Crippen molar-refractivity contribution in [3.8, 4) is 0 Å². The van der Waals surface area contributed by atoms with Crippen LogP contribution in [-0.2, 0) is 0 Å². The Bertz CT molecular complexity index is 322. The minimum atomic E-state index is 0.350. The molecule has 4 heteroatoms. The highest BCUT2D eigenvalue weighted by atomic mass is 32.1. The average Bonchev–Trinajstić information content (AvgIpc) is 2.75. The lowest BCUT2D eigenvalue weighted by Crippen LogP contribution is -2.27. The molecule has 0 aliphatic carbocycles. The van der Waals surface area contributed by atoms with Crippen molar-refractivity contribution in [3.63, 3.8) is 0 Å². The molecule has 0 bridgehead atoms. The number of thiazole rings is 1. The highest BCUT2D eigenvalue weighted by molar-refractivity contribution is 7.13. The zero-order valence-electron chi connectivity index (χ0n) is 11.7. The number of nitrogens with zero attached hydrogens (tertiary/aromatic N) is 2. The molecule has 98 valence electrons. The highest BCUT2D eigenvalue weighted by Gasteiger charge is 2.13. The van der Waals surface area contributed by atoms with Crippen LogP contribution in [0.5, 0.6) is 0 Å². The molecule has 1 aromatic rings. The van der Waals surface area contributed by atoms with E-state index in [0.717, 1.165) is 30.5 Å². The summed E-state index contributed by atoms with van der Waals surface area (Å²) in [4.78, 5) is 7.09. The van der Waals surface area contributed by atoms with E-state index in [1.807, 2.05) is 0 Å². The molecule has 1 aromatic heterocycles. The molecule has 3 nitrogen and oxygen atoms in total. The van der Waals surface area contributed by atoms with Crippen LogP contribution in [0.2, 0.25) is 0 Å². The van der Waals surface area contributed by atoms with Crippen LogP contribution in [0.25, 0.3) is 0 Å². The summed E-state index contributed by atoms with van der Waals surface area (Å²) in [5, 5.41) is 6.72. The van der Waals surface area contributed by atoms with Gasteiger partial charge in [0, 0.05) is 24.5 Å². The van der Waals surface area contributed by atoms with Gasteiger partial charge in [0.2, 0.25) is 0 Å². The number of hydrogen-bond acceptors (Lipinski definition) is 4. The maximum absolute atomic E-state index is 4.73. The van der Waals surface area contributed by atoms with Gasteiger partial charge in [0.1, 0.15) is 0 Å². The fourth-order valence-corrected chi connectivity index (χ4v) is 2.81. The van der Waals surface area contributed by atoms with E-state index in [1.54, 1.807) is 11.3 Å². The monoisotopic (exact) mass is 255 g/mol. The third-order valence-corrected chi connectivity index (χ3v) is 3.62. The van der Waals surface area contributed by atoms with Crippen LogP contribution in [0.1, 0.15) is 46.4 Å². The van der Waals surface area contributed by atoms with Gasteiger partial charge in [0.15, 0.2) is 5.13 Å². The molecule has 0 fully saturated rings. The summed E-state index contributed by atoms with van der Waals surface area (Å²) in [5.41, 5.74) is 1.16. The van der Waals surface area contributed by atoms with Crippen molar-refractivity contribution < 1.29 is 0 Å². The number of aromatic nitrogens is 1. The molecule has 17 heavy (non-hydrogen) atoms. The summed E-state index contributed by atoms with van der Waals surface area (Å²) in [6.07, 6.45) is 0. The van der Waals surface area contributed by atoms with Crippen LogP contribution in [0.4, 0.5) is 5.13 Å². The van der Waals surface area contributed by atoms with Crippen LogP contribution in [0.3, 0.4) is 0 Å². The Kier molecular flexibility index (Phi) is 5.92. The zero-order chi connectivity index (χ0) is 12.8. The highest BCUT2D eigenvalue weighted by Crippen LogP contribution is 2.24. The van der Waals surface area contributed by atoms with Crippen molar-refractivity contribution in [2.45, 2.75) is 40.7 Å². The summed E-state index contributed by atoms with van der Waals surface area (Å²) in [6.45, 7) is 14.1. The summed E-state index contributed by atoms with van der Waals surface area (Å²) in [5.74, 6) is 0.675. The number of anilines is 1. The fraction of sp³-hybridized carbons (Fsp3) is 0.769. The summed E-state index contributed by atoms with van der Waals surface area (Å²) >= 11 is 1.75. The molecule has 1 heterocycles. The maximum atomic E-state index is 4.73. The zero-order valence-corrected chi connectivity index (χ0v) is 12.5. The first-order valence-electron chi connectivity index (χ1n) is 6.52. The standard InChI is InChI=1S/C13H25N3S/c1-6-14-11(5)12-9-17-13(15-12)16(7-2)8-10(3)4/h9-11,14H,6-8H2,1-5H3. The largest absolute Gasteiger partial charge is 0.348 e. The van der Waals surface area contributed by atoms with Crippen LogP contribution in [-0.4, -0.2) is 24.6 Å². The van der Waals surface area contributed by atoms with Crippen LogP contribution < -0.4 is 10.2 Å².